The molecule has 2 atom stereocenters. The maximum Gasteiger partial charge on any atom is 0.127 e. The van der Waals surface area contributed by atoms with Crippen molar-refractivity contribution in [2.75, 3.05) is 0 Å². The van der Waals surface area contributed by atoms with Gasteiger partial charge in [0.05, 0.1) is 6.10 Å². The number of benzene rings is 1. The SMILES string of the molecule is CCCC(C)C(O)Cc1ccc(Cl)cc1F. The molecular weight excluding hydrogens is 227 g/mol. The standard InChI is InChI=1S/C13H18ClFO/c1-3-4-9(2)13(16)7-10-5-6-11(14)8-12(10)15/h5-6,8-9,13,16H,3-4,7H2,1-2H3. The number of rotatable bonds is 5. The molecule has 0 bridgehead atoms. The van der Waals surface area contributed by atoms with Crippen LogP contribution in [0.5, 0.6) is 0 Å². The van der Waals surface area contributed by atoms with Gasteiger partial charge in [-0.3, -0.25) is 0 Å². The highest BCUT2D eigenvalue weighted by Gasteiger charge is 2.15. The maximum atomic E-state index is 13.5. The smallest absolute Gasteiger partial charge is 0.127 e. The van der Waals surface area contributed by atoms with Gasteiger partial charge in [-0.25, -0.2) is 4.39 Å². The van der Waals surface area contributed by atoms with E-state index in [2.05, 4.69) is 6.92 Å². The quantitative estimate of drug-likeness (QED) is 0.835. The van der Waals surface area contributed by atoms with Crippen molar-refractivity contribution in [1.82, 2.24) is 0 Å². The van der Waals surface area contributed by atoms with Crippen LogP contribution in [-0.4, -0.2) is 11.2 Å². The molecule has 0 spiro atoms. The first-order valence-corrected chi connectivity index (χ1v) is 6.04. The van der Waals surface area contributed by atoms with Crippen LogP contribution in [-0.2, 0) is 6.42 Å². The summed E-state index contributed by atoms with van der Waals surface area (Å²) in [6, 6.07) is 4.57. The monoisotopic (exact) mass is 244 g/mol. The zero-order chi connectivity index (χ0) is 12.1. The Balaban J connectivity index is 2.65. The second-order valence-corrected chi connectivity index (χ2v) is 4.71. The average molecular weight is 245 g/mol. The van der Waals surface area contributed by atoms with Gasteiger partial charge in [-0.05, 0) is 30.0 Å². The number of aliphatic hydroxyl groups excluding tert-OH is 1. The minimum Gasteiger partial charge on any atom is -0.393 e. The van der Waals surface area contributed by atoms with Crippen LogP contribution in [0.2, 0.25) is 5.02 Å². The summed E-state index contributed by atoms with van der Waals surface area (Å²) in [7, 11) is 0. The Bertz CT molecular complexity index is 341. The third kappa shape index (κ3) is 3.76. The van der Waals surface area contributed by atoms with E-state index in [9.17, 15) is 9.50 Å². The molecule has 16 heavy (non-hydrogen) atoms. The predicted octanol–water partition coefficient (Wildman–Crippen LogP) is 3.82. The summed E-state index contributed by atoms with van der Waals surface area (Å²) in [4.78, 5) is 0. The van der Waals surface area contributed by atoms with E-state index in [0.29, 0.717) is 17.0 Å². The minimum atomic E-state index is -0.490. The first-order chi connectivity index (χ1) is 7.54. The summed E-state index contributed by atoms with van der Waals surface area (Å²) in [5, 5.41) is 10.3. The summed E-state index contributed by atoms with van der Waals surface area (Å²) in [6.07, 6.45) is 1.85. The third-order valence-corrected chi connectivity index (χ3v) is 3.08. The van der Waals surface area contributed by atoms with Crippen molar-refractivity contribution in [3.8, 4) is 0 Å². The largest absolute Gasteiger partial charge is 0.393 e. The van der Waals surface area contributed by atoms with E-state index in [-0.39, 0.29) is 11.7 Å². The molecule has 1 N–H and O–H groups in total. The topological polar surface area (TPSA) is 20.2 Å². The molecule has 0 saturated carbocycles. The highest BCUT2D eigenvalue weighted by molar-refractivity contribution is 6.30. The lowest BCUT2D eigenvalue weighted by molar-refractivity contribution is 0.111. The van der Waals surface area contributed by atoms with E-state index in [1.54, 1.807) is 12.1 Å². The Morgan fingerprint density at radius 1 is 1.44 bits per heavy atom. The molecule has 0 saturated heterocycles. The summed E-state index contributed by atoms with van der Waals surface area (Å²) >= 11 is 5.66. The van der Waals surface area contributed by atoms with Gasteiger partial charge in [0, 0.05) is 11.4 Å². The van der Waals surface area contributed by atoms with E-state index in [1.165, 1.54) is 6.07 Å². The molecule has 1 aromatic rings. The Morgan fingerprint density at radius 2 is 2.12 bits per heavy atom. The maximum absolute atomic E-state index is 13.5. The van der Waals surface area contributed by atoms with Gasteiger partial charge < -0.3 is 5.11 Å². The second kappa shape index (κ2) is 6.21. The van der Waals surface area contributed by atoms with Crippen LogP contribution >= 0.6 is 11.6 Å². The molecule has 0 radical (unpaired) electrons. The zero-order valence-corrected chi connectivity index (χ0v) is 10.5. The summed E-state index contributed by atoms with van der Waals surface area (Å²) in [6.45, 7) is 4.06. The lowest BCUT2D eigenvalue weighted by Gasteiger charge is -2.18. The van der Waals surface area contributed by atoms with E-state index in [4.69, 9.17) is 11.6 Å². The van der Waals surface area contributed by atoms with Crippen molar-refractivity contribution in [2.24, 2.45) is 5.92 Å². The predicted molar refractivity (Wildman–Crippen MR) is 65.2 cm³/mol. The van der Waals surface area contributed by atoms with Crippen molar-refractivity contribution in [1.29, 1.82) is 0 Å². The molecule has 3 heteroatoms. The van der Waals surface area contributed by atoms with Crippen LogP contribution in [0.1, 0.15) is 32.3 Å². The van der Waals surface area contributed by atoms with Crippen molar-refractivity contribution >= 4 is 11.6 Å². The molecule has 0 aromatic heterocycles. The van der Waals surface area contributed by atoms with Crippen molar-refractivity contribution in [2.45, 2.75) is 39.2 Å². The lowest BCUT2D eigenvalue weighted by Crippen LogP contribution is -2.20. The fraction of sp³-hybridized carbons (Fsp3) is 0.538. The molecule has 90 valence electrons. The van der Waals surface area contributed by atoms with Crippen molar-refractivity contribution in [3.05, 3.63) is 34.6 Å². The molecule has 1 nitrogen and oxygen atoms in total. The fourth-order valence-corrected chi connectivity index (χ4v) is 1.92. The third-order valence-electron chi connectivity index (χ3n) is 2.85. The van der Waals surface area contributed by atoms with Crippen molar-refractivity contribution in [3.63, 3.8) is 0 Å². The number of halogens is 2. The van der Waals surface area contributed by atoms with E-state index >= 15 is 0 Å². The van der Waals surface area contributed by atoms with Crippen LogP contribution < -0.4 is 0 Å². The molecule has 0 aliphatic carbocycles. The van der Waals surface area contributed by atoms with E-state index in [0.717, 1.165) is 12.8 Å². The first-order valence-electron chi connectivity index (χ1n) is 5.66. The number of hydrogen-bond donors (Lipinski definition) is 1. The van der Waals surface area contributed by atoms with Gasteiger partial charge in [-0.1, -0.05) is 37.9 Å². The molecule has 0 amide bonds. The van der Waals surface area contributed by atoms with Gasteiger partial charge in [0.15, 0.2) is 0 Å². The lowest BCUT2D eigenvalue weighted by atomic mass is 9.94. The van der Waals surface area contributed by atoms with E-state index in [1.807, 2.05) is 6.92 Å². The Morgan fingerprint density at radius 3 is 2.69 bits per heavy atom. The minimum absolute atomic E-state index is 0.195. The molecule has 0 heterocycles. The van der Waals surface area contributed by atoms with Crippen LogP contribution in [0.3, 0.4) is 0 Å². The summed E-state index contributed by atoms with van der Waals surface area (Å²) < 4.78 is 13.5. The van der Waals surface area contributed by atoms with Crippen molar-refractivity contribution < 1.29 is 9.50 Å². The molecule has 2 unspecified atom stereocenters. The van der Waals surface area contributed by atoms with Gasteiger partial charge in [0.1, 0.15) is 5.82 Å². The number of hydrogen-bond acceptors (Lipinski definition) is 1. The molecule has 0 aliphatic heterocycles. The van der Waals surface area contributed by atoms with Gasteiger partial charge in [0.2, 0.25) is 0 Å². The Labute approximate surface area is 101 Å². The first kappa shape index (κ1) is 13.5. The Kier molecular flexibility index (Phi) is 5.23. The molecule has 0 aliphatic rings. The van der Waals surface area contributed by atoms with Crippen LogP contribution in [0.25, 0.3) is 0 Å². The van der Waals surface area contributed by atoms with E-state index < -0.39 is 6.10 Å². The number of aliphatic hydroxyl groups is 1. The van der Waals surface area contributed by atoms with Gasteiger partial charge >= 0.3 is 0 Å². The summed E-state index contributed by atoms with van der Waals surface area (Å²) in [5.74, 6) is -0.143. The van der Waals surface area contributed by atoms with Gasteiger partial charge in [0.25, 0.3) is 0 Å². The van der Waals surface area contributed by atoms with Crippen LogP contribution in [0, 0.1) is 11.7 Å². The molecule has 1 rings (SSSR count). The van der Waals surface area contributed by atoms with Crippen LogP contribution in [0.4, 0.5) is 4.39 Å². The highest BCUT2D eigenvalue weighted by atomic mass is 35.5. The molecular formula is C13H18ClFO. The summed E-state index contributed by atoms with van der Waals surface area (Å²) in [5.41, 5.74) is 0.528. The second-order valence-electron chi connectivity index (χ2n) is 4.27. The van der Waals surface area contributed by atoms with Gasteiger partial charge in [-0.15, -0.1) is 0 Å². The van der Waals surface area contributed by atoms with Gasteiger partial charge in [-0.2, -0.15) is 0 Å². The molecule has 0 fully saturated rings. The molecule has 1 aromatic carbocycles. The van der Waals surface area contributed by atoms with Crippen LogP contribution in [0.15, 0.2) is 18.2 Å². The fourth-order valence-electron chi connectivity index (χ4n) is 1.76. The normalized spacial score (nSPS) is 14.8. The highest BCUT2D eigenvalue weighted by Crippen LogP contribution is 2.19. The Hall–Kier alpha value is -0.600. The average Bonchev–Trinajstić information content (AvgIpc) is 2.22. The zero-order valence-electron chi connectivity index (χ0n) is 9.71.